The number of sulfone groups is 1. The van der Waals surface area contributed by atoms with Crippen LogP contribution in [0.1, 0.15) is 52.7 Å². The van der Waals surface area contributed by atoms with Gasteiger partial charge in [-0.25, -0.2) is 8.42 Å². The third kappa shape index (κ3) is 4.58. The Kier molecular flexibility index (Phi) is 5.36. The zero-order valence-electron chi connectivity index (χ0n) is 17.6. The van der Waals surface area contributed by atoms with Gasteiger partial charge in [-0.2, -0.15) is 0 Å². The van der Waals surface area contributed by atoms with Gasteiger partial charge in [0.2, 0.25) is 9.84 Å². The van der Waals surface area contributed by atoms with Gasteiger partial charge in [-0.1, -0.05) is 59.7 Å². The molecule has 3 rings (SSSR count). The van der Waals surface area contributed by atoms with Gasteiger partial charge in [0.25, 0.3) is 0 Å². The number of ether oxygens (including phenoxy) is 2. The van der Waals surface area contributed by atoms with E-state index in [0.29, 0.717) is 19.0 Å². The van der Waals surface area contributed by atoms with Crippen LogP contribution in [0.5, 0.6) is 5.75 Å². The van der Waals surface area contributed by atoms with Crippen molar-refractivity contribution in [3.63, 3.8) is 0 Å². The Morgan fingerprint density at radius 3 is 1.96 bits per heavy atom. The Balaban J connectivity index is 2.01. The summed E-state index contributed by atoms with van der Waals surface area (Å²) in [5, 5.41) is 0. The summed E-state index contributed by atoms with van der Waals surface area (Å²) in [6.07, 6.45) is 0.0555. The molecule has 0 spiro atoms. The molecule has 1 aliphatic heterocycles. The number of benzene rings is 2. The van der Waals surface area contributed by atoms with E-state index in [4.69, 9.17) is 9.47 Å². The molecule has 152 valence electrons. The van der Waals surface area contributed by atoms with Crippen molar-refractivity contribution in [3.8, 4) is 5.75 Å². The smallest absolute Gasteiger partial charge is 0.210 e. The molecule has 1 fully saturated rings. The Morgan fingerprint density at radius 1 is 0.929 bits per heavy atom. The minimum atomic E-state index is -3.69. The Bertz CT molecular complexity index is 942. The first-order valence-corrected chi connectivity index (χ1v) is 11.1. The molecule has 1 heterocycles. The summed E-state index contributed by atoms with van der Waals surface area (Å²) in [6.45, 7) is 13.6. The summed E-state index contributed by atoms with van der Waals surface area (Å²) in [5.41, 5.74) is 1.98. The van der Waals surface area contributed by atoms with Gasteiger partial charge in [0.05, 0.1) is 11.5 Å². The maximum Gasteiger partial charge on any atom is 0.210 e. The summed E-state index contributed by atoms with van der Waals surface area (Å²) >= 11 is 0. The predicted octanol–water partition coefficient (Wildman–Crippen LogP) is 4.89. The number of rotatable bonds is 5. The summed E-state index contributed by atoms with van der Waals surface area (Å²) in [6, 6.07) is 12.5. The highest BCUT2D eigenvalue weighted by molar-refractivity contribution is 7.91. The monoisotopic (exact) mass is 402 g/mol. The molecular formula is C23H30O4S. The molecule has 0 radical (unpaired) electrons. The van der Waals surface area contributed by atoms with Crippen LogP contribution in [0.15, 0.2) is 52.3 Å². The Hall–Kier alpha value is -1.85. The van der Waals surface area contributed by atoms with Crippen LogP contribution in [0.2, 0.25) is 0 Å². The lowest BCUT2D eigenvalue weighted by molar-refractivity contribution is 0.257. The molecule has 0 saturated carbocycles. The van der Waals surface area contributed by atoms with Gasteiger partial charge in [0, 0.05) is 0 Å². The van der Waals surface area contributed by atoms with E-state index in [2.05, 4.69) is 41.5 Å². The van der Waals surface area contributed by atoms with Crippen LogP contribution in [0.25, 0.3) is 0 Å². The second kappa shape index (κ2) is 7.20. The summed E-state index contributed by atoms with van der Waals surface area (Å²) in [7, 11) is -3.69. The van der Waals surface area contributed by atoms with Crippen molar-refractivity contribution in [3.05, 3.63) is 53.6 Å². The van der Waals surface area contributed by atoms with E-state index in [1.54, 1.807) is 18.2 Å². The van der Waals surface area contributed by atoms with Crippen molar-refractivity contribution in [2.24, 2.45) is 0 Å². The van der Waals surface area contributed by atoms with Crippen LogP contribution in [-0.2, 0) is 25.4 Å². The lowest BCUT2D eigenvalue weighted by atomic mass is 9.87. The van der Waals surface area contributed by atoms with Crippen LogP contribution in [0, 0.1) is 0 Å². The van der Waals surface area contributed by atoms with E-state index in [1.165, 1.54) is 0 Å². The van der Waals surface area contributed by atoms with Crippen molar-refractivity contribution >= 4 is 9.84 Å². The van der Waals surface area contributed by atoms with Crippen LogP contribution >= 0.6 is 0 Å². The molecule has 5 heteroatoms. The SMILES string of the molecule is CC(C)(C)c1ccc(S(=O)(=O)c2ccc(C(C)(C)C)cc2OCC2CO2)cc1. The van der Waals surface area contributed by atoms with Gasteiger partial charge in [0.15, 0.2) is 0 Å². The molecule has 1 aliphatic rings. The molecule has 1 saturated heterocycles. The Morgan fingerprint density at radius 2 is 1.46 bits per heavy atom. The van der Waals surface area contributed by atoms with Gasteiger partial charge in [0.1, 0.15) is 23.4 Å². The van der Waals surface area contributed by atoms with Crippen molar-refractivity contribution in [1.29, 1.82) is 0 Å². The highest BCUT2D eigenvalue weighted by Crippen LogP contribution is 2.35. The Labute approximate surface area is 168 Å². The highest BCUT2D eigenvalue weighted by Gasteiger charge is 2.28. The van der Waals surface area contributed by atoms with E-state index < -0.39 is 9.84 Å². The van der Waals surface area contributed by atoms with E-state index in [1.807, 2.05) is 24.3 Å². The average Bonchev–Trinajstić information content (AvgIpc) is 3.42. The minimum absolute atomic E-state index is 0.0326. The van der Waals surface area contributed by atoms with Gasteiger partial charge in [-0.05, 0) is 46.2 Å². The second-order valence-electron chi connectivity index (χ2n) is 9.46. The average molecular weight is 403 g/mol. The molecule has 2 aromatic carbocycles. The van der Waals surface area contributed by atoms with Crippen molar-refractivity contribution in [2.75, 3.05) is 13.2 Å². The molecule has 0 aliphatic carbocycles. The molecule has 28 heavy (non-hydrogen) atoms. The molecule has 0 aromatic heterocycles. The largest absolute Gasteiger partial charge is 0.489 e. The second-order valence-corrected chi connectivity index (χ2v) is 11.4. The summed E-state index contributed by atoms with van der Waals surface area (Å²) < 4.78 is 37.7. The minimum Gasteiger partial charge on any atom is -0.489 e. The summed E-state index contributed by atoms with van der Waals surface area (Å²) in [4.78, 5) is 0.473. The van der Waals surface area contributed by atoms with E-state index in [-0.39, 0.29) is 26.7 Å². The normalized spacial score (nSPS) is 17.4. The first kappa shape index (κ1) is 20.9. The third-order valence-electron chi connectivity index (χ3n) is 4.96. The molecule has 0 amide bonds. The van der Waals surface area contributed by atoms with Crippen LogP contribution in [0.4, 0.5) is 0 Å². The number of hydrogen-bond acceptors (Lipinski definition) is 4. The first-order chi connectivity index (χ1) is 12.9. The fourth-order valence-electron chi connectivity index (χ4n) is 2.92. The number of epoxide rings is 1. The third-order valence-corrected chi connectivity index (χ3v) is 6.77. The van der Waals surface area contributed by atoms with E-state index in [9.17, 15) is 8.42 Å². The lowest BCUT2D eigenvalue weighted by Gasteiger charge is -2.22. The van der Waals surface area contributed by atoms with Gasteiger partial charge in [-0.15, -0.1) is 0 Å². The van der Waals surface area contributed by atoms with Crippen molar-refractivity contribution in [1.82, 2.24) is 0 Å². The maximum absolute atomic E-state index is 13.3. The molecule has 0 N–H and O–H groups in total. The maximum atomic E-state index is 13.3. The zero-order chi connectivity index (χ0) is 20.7. The highest BCUT2D eigenvalue weighted by atomic mass is 32.2. The molecule has 1 unspecified atom stereocenters. The van der Waals surface area contributed by atoms with Gasteiger partial charge >= 0.3 is 0 Å². The van der Waals surface area contributed by atoms with Crippen molar-refractivity contribution < 1.29 is 17.9 Å². The molecule has 2 aromatic rings. The fourth-order valence-corrected chi connectivity index (χ4v) is 4.30. The molecule has 0 bridgehead atoms. The van der Waals surface area contributed by atoms with E-state index >= 15 is 0 Å². The molecule has 4 nitrogen and oxygen atoms in total. The topological polar surface area (TPSA) is 55.9 Å². The number of hydrogen-bond donors (Lipinski definition) is 0. The fraction of sp³-hybridized carbons (Fsp3) is 0.478. The van der Waals surface area contributed by atoms with Crippen LogP contribution < -0.4 is 4.74 Å². The predicted molar refractivity (Wildman–Crippen MR) is 111 cm³/mol. The zero-order valence-corrected chi connectivity index (χ0v) is 18.4. The van der Waals surface area contributed by atoms with Crippen LogP contribution in [0.3, 0.4) is 0 Å². The molecular weight excluding hydrogens is 372 g/mol. The van der Waals surface area contributed by atoms with Crippen molar-refractivity contribution in [2.45, 2.75) is 68.3 Å². The standard InChI is InChI=1S/C23H30O4S/c1-22(2,3)16-7-10-19(11-8-16)28(24,25)21-12-9-17(23(4,5)6)13-20(21)27-15-18-14-26-18/h7-13,18H,14-15H2,1-6H3. The van der Waals surface area contributed by atoms with Gasteiger partial charge < -0.3 is 9.47 Å². The first-order valence-electron chi connectivity index (χ1n) is 9.63. The van der Waals surface area contributed by atoms with E-state index in [0.717, 1.165) is 11.1 Å². The lowest BCUT2D eigenvalue weighted by Crippen LogP contribution is -2.15. The summed E-state index contributed by atoms with van der Waals surface area (Å²) in [5.74, 6) is 0.392. The quantitative estimate of drug-likeness (QED) is 0.668. The van der Waals surface area contributed by atoms with Gasteiger partial charge in [-0.3, -0.25) is 0 Å². The van der Waals surface area contributed by atoms with Crippen LogP contribution in [-0.4, -0.2) is 27.7 Å². The molecule has 1 atom stereocenters.